The van der Waals surface area contributed by atoms with Crippen molar-refractivity contribution in [2.75, 3.05) is 13.1 Å². The topological polar surface area (TPSA) is 3.24 Å². The summed E-state index contributed by atoms with van der Waals surface area (Å²) in [6, 6.07) is 0.716. The Hall–Kier alpha value is -0.0400. The van der Waals surface area contributed by atoms with Gasteiger partial charge in [-0.05, 0) is 38.8 Å². The monoisotopic (exact) mass is 198 g/mol. The Labute approximate surface area is 90.9 Å². The van der Waals surface area contributed by atoms with Crippen molar-refractivity contribution in [2.24, 2.45) is 0 Å². The second kappa shape index (κ2) is 9.51. The molecule has 0 rings (SSSR count). The van der Waals surface area contributed by atoms with Crippen LogP contribution in [0.2, 0.25) is 0 Å². The molecule has 85 valence electrons. The molecule has 0 spiro atoms. The maximum absolute atomic E-state index is 4.05. The van der Waals surface area contributed by atoms with Gasteiger partial charge in [-0.3, -0.25) is 0 Å². The van der Waals surface area contributed by atoms with Gasteiger partial charge in [-0.1, -0.05) is 40.5 Å². The Morgan fingerprint density at radius 2 is 1.50 bits per heavy atom. The van der Waals surface area contributed by atoms with Gasteiger partial charge in [0.25, 0.3) is 0 Å². The standard InChI is InChI=1S/C13H28N/c1-5-9-11-14(12-10-6-2)13(7-3)8-4/h13H,3,5-12H2,1-2,4H3. The van der Waals surface area contributed by atoms with Crippen molar-refractivity contribution in [3.63, 3.8) is 0 Å². The number of nitrogens with zero attached hydrogens (tertiary/aromatic N) is 1. The number of unbranched alkanes of at least 4 members (excludes halogenated alkanes) is 2. The molecule has 0 saturated carbocycles. The molecule has 0 aromatic carbocycles. The minimum absolute atomic E-state index is 0.716. The van der Waals surface area contributed by atoms with Crippen LogP contribution in [0.3, 0.4) is 0 Å². The van der Waals surface area contributed by atoms with E-state index >= 15 is 0 Å². The van der Waals surface area contributed by atoms with E-state index in [0.29, 0.717) is 6.04 Å². The summed E-state index contributed by atoms with van der Waals surface area (Å²) in [4.78, 5) is 2.64. The molecule has 0 amide bonds. The third-order valence-corrected chi connectivity index (χ3v) is 2.92. The molecule has 0 aromatic heterocycles. The van der Waals surface area contributed by atoms with E-state index < -0.39 is 0 Å². The van der Waals surface area contributed by atoms with Crippen molar-refractivity contribution < 1.29 is 0 Å². The average Bonchev–Trinajstić information content (AvgIpc) is 2.22. The van der Waals surface area contributed by atoms with Gasteiger partial charge in [-0.2, -0.15) is 0 Å². The molecule has 0 saturated heterocycles. The van der Waals surface area contributed by atoms with E-state index in [-0.39, 0.29) is 0 Å². The van der Waals surface area contributed by atoms with Crippen LogP contribution in [0.5, 0.6) is 0 Å². The molecule has 1 unspecified atom stereocenters. The lowest BCUT2D eigenvalue weighted by Crippen LogP contribution is -2.36. The molecular formula is C13H28N. The number of rotatable bonds is 9. The molecule has 0 aromatic rings. The number of hydrogen-bond donors (Lipinski definition) is 0. The molecular weight excluding hydrogens is 170 g/mol. The second-order valence-corrected chi connectivity index (χ2v) is 4.09. The zero-order chi connectivity index (χ0) is 10.8. The Kier molecular flexibility index (Phi) is 9.49. The van der Waals surface area contributed by atoms with Crippen molar-refractivity contribution in [2.45, 2.75) is 65.3 Å². The normalized spacial score (nSPS) is 11.6. The van der Waals surface area contributed by atoms with E-state index in [2.05, 4.69) is 32.6 Å². The van der Waals surface area contributed by atoms with Gasteiger partial charge in [0.05, 0.1) is 0 Å². The van der Waals surface area contributed by atoms with Gasteiger partial charge in [-0.15, -0.1) is 0 Å². The highest BCUT2D eigenvalue weighted by molar-refractivity contribution is 4.71. The maximum Gasteiger partial charge on any atom is 0.00926 e. The number of hydrogen-bond acceptors (Lipinski definition) is 1. The summed E-state index contributed by atoms with van der Waals surface area (Å²) in [5.41, 5.74) is 0. The Balaban J connectivity index is 3.92. The molecule has 0 aliphatic carbocycles. The van der Waals surface area contributed by atoms with E-state index in [1.165, 1.54) is 45.2 Å². The lowest BCUT2D eigenvalue weighted by Gasteiger charge is -2.30. The smallest absolute Gasteiger partial charge is 0.00926 e. The van der Waals surface area contributed by atoms with Crippen LogP contribution in [0.1, 0.15) is 59.3 Å². The molecule has 0 fully saturated rings. The molecule has 0 N–H and O–H groups in total. The first-order valence-electron chi connectivity index (χ1n) is 6.33. The van der Waals surface area contributed by atoms with Gasteiger partial charge in [-0.25, -0.2) is 0 Å². The van der Waals surface area contributed by atoms with Crippen molar-refractivity contribution in [3.8, 4) is 0 Å². The summed E-state index contributed by atoms with van der Waals surface area (Å²) in [7, 11) is 0. The fourth-order valence-corrected chi connectivity index (χ4v) is 1.84. The molecule has 0 heterocycles. The summed E-state index contributed by atoms with van der Waals surface area (Å²) in [5, 5.41) is 0. The minimum atomic E-state index is 0.716. The highest BCUT2D eigenvalue weighted by Crippen LogP contribution is 2.10. The van der Waals surface area contributed by atoms with Crippen molar-refractivity contribution >= 4 is 0 Å². The molecule has 0 aliphatic heterocycles. The summed E-state index contributed by atoms with van der Waals surface area (Å²) in [5.74, 6) is 0. The lowest BCUT2D eigenvalue weighted by molar-refractivity contribution is 0.185. The molecule has 1 atom stereocenters. The third kappa shape index (κ3) is 5.64. The van der Waals surface area contributed by atoms with Gasteiger partial charge in [0, 0.05) is 6.04 Å². The predicted octanol–water partition coefficient (Wildman–Crippen LogP) is 3.89. The highest BCUT2D eigenvalue weighted by atomic mass is 15.1. The van der Waals surface area contributed by atoms with Crippen LogP contribution in [-0.4, -0.2) is 24.0 Å². The van der Waals surface area contributed by atoms with E-state index in [1.54, 1.807) is 0 Å². The van der Waals surface area contributed by atoms with Crippen molar-refractivity contribution in [1.29, 1.82) is 0 Å². The van der Waals surface area contributed by atoms with Crippen LogP contribution >= 0.6 is 0 Å². The first kappa shape index (κ1) is 14.0. The van der Waals surface area contributed by atoms with Crippen LogP contribution in [0.15, 0.2) is 0 Å². The predicted molar refractivity (Wildman–Crippen MR) is 65.4 cm³/mol. The van der Waals surface area contributed by atoms with Crippen LogP contribution in [0, 0.1) is 6.92 Å². The summed E-state index contributed by atoms with van der Waals surface area (Å²) in [6.45, 7) is 13.4. The summed E-state index contributed by atoms with van der Waals surface area (Å²) < 4.78 is 0. The van der Waals surface area contributed by atoms with Crippen molar-refractivity contribution in [1.82, 2.24) is 4.90 Å². The molecule has 14 heavy (non-hydrogen) atoms. The lowest BCUT2D eigenvalue weighted by atomic mass is 10.1. The fraction of sp³-hybridized carbons (Fsp3) is 0.923. The van der Waals surface area contributed by atoms with Crippen molar-refractivity contribution in [3.05, 3.63) is 6.92 Å². The van der Waals surface area contributed by atoms with E-state index in [9.17, 15) is 0 Å². The summed E-state index contributed by atoms with van der Waals surface area (Å²) in [6.07, 6.45) is 7.58. The molecule has 1 nitrogen and oxygen atoms in total. The van der Waals surface area contributed by atoms with E-state index in [1.807, 2.05) is 0 Å². The largest absolute Gasteiger partial charge is 0.300 e. The van der Waals surface area contributed by atoms with Crippen LogP contribution in [0.4, 0.5) is 0 Å². The third-order valence-electron chi connectivity index (χ3n) is 2.92. The molecule has 0 aliphatic rings. The van der Waals surface area contributed by atoms with Gasteiger partial charge < -0.3 is 4.90 Å². The molecule has 1 radical (unpaired) electrons. The maximum atomic E-state index is 4.05. The first-order chi connectivity index (χ1) is 6.79. The van der Waals surface area contributed by atoms with Gasteiger partial charge >= 0.3 is 0 Å². The Morgan fingerprint density at radius 3 is 1.79 bits per heavy atom. The van der Waals surface area contributed by atoms with Gasteiger partial charge in [0.1, 0.15) is 0 Å². The second-order valence-electron chi connectivity index (χ2n) is 4.09. The molecule has 1 heteroatoms. The fourth-order valence-electron chi connectivity index (χ4n) is 1.84. The highest BCUT2D eigenvalue weighted by Gasteiger charge is 2.13. The molecule has 0 bridgehead atoms. The van der Waals surface area contributed by atoms with E-state index in [0.717, 1.165) is 6.42 Å². The van der Waals surface area contributed by atoms with Gasteiger partial charge in [0.15, 0.2) is 0 Å². The Bertz CT molecular complexity index is 99.8. The Morgan fingerprint density at radius 1 is 1.00 bits per heavy atom. The summed E-state index contributed by atoms with van der Waals surface area (Å²) >= 11 is 0. The van der Waals surface area contributed by atoms with Crippen LogP contribution in [0.25, 0.3) is 0 Å². The van der Waals surface area contributed by atoms with Crippen LogP contribution in [-0.2, 0) is 0 Å². The van der Waals surface area contributed by atoms with E-state index in [4.69, 9.17) is 0 Å². The zero-order valence-corrected chi connectivity index (χ0v) is 10.4. The SMILES string of the molecule is [CH2]CC(CC)N(CCCC)CCCC. The average molecular weight is 198 g/mol. The first-order valence-corrected chi connectivity index (χ1v) is 6.33. The van der Waals surface area contributed by atoms with Crippen LogP contribution < -0.4 is 0 Å². The minimum Gasteiger partial charge on any atom is -0.300 e. The quantitative estimate of drug-likeness (QED) is 0.543. The zero-order valence-electron chi connectivity index (χ0n) is 10.4. The van der Waals surface area contributed by atoms with Gasteiger partial charge in [0.2, 0.25) is 0 Å².